The van der Waals surface area contributed by atoms with E-state index in [0.717, 1.165) is 11.1 Å². The first-order chi connectivity index (χ1) is 14.5. The van der Waals surface area contributed by atoms with Gasteiger partial charge in [0.25, 0.3) is 0 Å². The Morgan fingerprint density at radius 3 is 2.87 bits per heavy atom. The van der Waals surface area contributed by atoms with Gasteiger partial charge in [0.2, 0.25) is 0 Å². The minimum atomic E-state index is -0.364. The third-order valence-electron chi connectivity index (χ3n) is 5.33. The Hall–Kier alpha value is -3.87. The summed E-state index contributed by atoms with van der Waals surface area (Å²) >= 11 is 0. The molecule has 1 unspecified atom stereocenters. The van der Waals surface area contributed by atoms with Crippen LogP contribution in [0.1, 0.15) is 16.8 Å². The highest BCUT2D eigenvalue weighted by atomic mass is 19.1. The first-order valence-corrected chi connectivity index (χ1v) is 9.53. The molecule has 30 heavy (non-hydrogen) atoms. The number of methoxy groups -OCH3 is 1. The number of nitrogens with zero attached hydrogens (tertiary/aromatic N) is 2. The highest BCUT2D eigenvalue weighted by molar-refractivity contribution is 6.01. The minimum Gasteiger partial charge on any atom is -0.497 e. The molecule has 0 spiro atoms. The molecule has 0 aliphatic carbocycles. The molecule has 0 bridgehead atoms. The van der Waals surface area contributed by atoms with Gasteiger partial charge in [0.1, 0.15) is 11.6 Å². The topological polar surface area (TPSA) is 69.7 Å². The molecule has 0 saturated heterocycles. The first kappa shape index (κ1) is 18.2. The lowest BCUT2D eigenvalue weighted by molar-refractivity contribution is 0.316. The molecule has 3 heterocycles. The quantitative estimate of drug-likeness (QED) is 0.704. The Kier molecular flexibility index (Phi) is 4.17. The molecule has 0 fully saturated rings. The Morgan fingerprint density at radius 1 is 1.20 bits per heavy atom. The second-order valence-electron chi connectivity index (χ2n) is 7.23. The number of halogens is 1. The summed E-state index contributed by atoms with van der Waals surface area (Å²) in [4.78, 5) is 20.8. The predicted molar refractivity (Wildman–Crippen MR) is 115 cm³/mol. The Labute approximate surface area is 172 Å². The fraction of sp³-hybridized carbons (Fsp3) is 0.130. The summed E-state index contributed by atoms with van der Waals surface area (Å²) in [5.74, 6) is 0.674. The molecule has 6 nitrogen and oxygen atoms in total. The lowest BCUT2D eigenvalue weighted by Gasteiger charge is -2.24. The van der Waals surface area contributed by atoms with Crippen molar-refractivity contribution in [1.29, 1.82) is 0 Å². The number of amidine groups is 1. The van der Waals surface area contributed by atoms with Crippen molar-refractivity contribution in [2.24, 2.45) is 4.99 Å². The third kappa shape index (κ3) is 2.95. The van der Waals surface area contributed by atoms with Gasteiger partial charge in [-0.3, -0.25) is 15.2 Å². The lowest BCUT2D eigenvalue weighted by atomic mass is 10.0. The van der Waals surface area contributed by atoms with Crippen LogP contribution in [-0.4, -0.2) is 29.1 Å². The van der Waals surface area contributed by atoms with Gasteiger partial charge in [0.05, 0.1) is 12.8 Å². The molecule has 0 radical (unpaired) electrons. The zero-order chi connectivity index (χ0) is 20.8. The monoisotopic (exact) mass is 402 g/mol. The molecule has 150 valence electrons. The number of aromatic nitrogens is 1. The van der Waals surface area contributed by atoms with Gasteiger partial charge < -0.3 is 9.72 Å². The van der Waals surface area contributed by atoms with E-state index in [2.05, 4.69) is 10.4 Å². The van der Waals surface area contributed by atoms with Crippen molar-refractivity contribution >= 4 is 22.3 Å². The average molecular weight is 402 g/mol. The molecule has 1 aromatic heterocycles. The van der Waals surface area contributed by atoms with E-state index in [1.54, 1.807) is 13.0 Å². The first-order valence-electron chi connectivity index (χ1n) is 9.53. The van der Waals surface area contributed by atoms with E-state index >= 15 is 0 Å². The summed E-state index contributed by atoms with van der Waals surface area (Å²) < 4.78 is 19.1. The highest BCUT2D eigenvalue weighted by Crippen LogP contribution is 2.28. The lowest BCUT2D eigenvalue weighted by Crippen LogP contribution is -2.38. The molecular weight excluding hydrogens is 383 g/mol. The summed E-state index contributed by atoms with van der Waals surface area (Å²) in [6.07, 6.45) is 5.43. The Bertz CT molecular complexity index is 1320. The molecule has 2 aromatic carbocycles. The Balaban J connectivity index is 1.50. The number of hydrogen-bond donors (Lipinski definition) is 2. The molecule has 3 aromatic rings. The summed E-state index contributed by atoms with van der Waals surface area (Å²) in [6, 6.07) is 12.0. The van der Waals surface area contributed by atoms with Crippen LogP contribution in [0.4, 0.5) is 4.39 Å². The number of pyridine rings is 1. The predicted octanol–water partition coefficient (Wildman–Crippen LogP) is 3.49. The number of nitrogens with one attached hydrogen (secondary N) is 2. The molecule has 2 N–H and O–H groups in total. The van der Waals surface area contributed by atoms with Gasteiger partial charge in [-0.2, -0.15) is 0 Å². The van der Waals surface area contributed by atoms with E-state index in [9.17, 15) is 9.18 Å². The number of ether oxygens (including phenoxy) is 1. The van der Waals surface area contributed by atoms with Crippen LogP contribution < -0.4 is 15.6 Å². The second-order valence-corrected chi connectivity index (χ2v) is 7.23. The summed E-state index contributed by atoms with van der Waals surface area (Å²) in [5, 5.41) is 2.48. The maximum Gasteiger partial charge on any atom is 0.193 e. The fourth-order valence-electron chi connectivity index (χ4n) is 3.75. The molecule has 1 atom stereocenters. The van der Waals surface area contributed by atoms with Crippen LogP contribution in [0.15, 0.2) is 70.6 Å². The number of aliphatic imine (C=N–C) groups is 1. The van der Waals surface area contributed by atoms with Crippen LogP contribution in [0.5, 0.6) is 5.75 Å². The van der Waals surface area contributed by atoms with Gasteiger partial charge in [-0.1, -0.05) is 18.2 Å². The number of fused-ring (bicyclic) bond motifs is 2. The normalized spacial score (nSPS) is 17.4. The van der Waals surface area contributed by atoms with E-state index in [-0.39, 0.29) is 17.4 Å². The summed E-state index contributed by atoms with van der Waals surface area (Å²) in [7, 11) is 1.51. The highest BCUT2D eigenvalue weighted by Gasteiger charge is 2.27. The van der Waals surface area contributed by atoms with Crippen LogP contribution in [0.2, 0.25) is 0 Å². The van der Waals surface area contributed by atoms with Gasteiger partial charge in [-0.05, 0) is 48.4 Å². The molecule has 2 aliphatic heterocycles. The van der Waals surface area contributed by atoms with Crippen LogP contribution >= 0.6 is 0 Å². The largest absolute Gasteiger partial charge is 0.497 e. The molecule has 2 aliphatic rings. The van der Waals surface area contributed by atoms with E-state index < -0.39 is 0 Å². The number of aromatic amines is 1. The van der Waals surface area contributed by atoms with Crippen molar-refractivity contribution in [3.05, 3.63) is 93.7 Å². The van der Waals surface area contributed by atoms with E-state index in [4.69, 9.17) is 9.73 Å². The molecule has 0 amide bonds. The SMILES string of the molecule is COc1cc(F)cc(C2=CN3NC(c4[nH]c5ccccc5c(=O)c4C)=NC3C=C2)c1. The third-order valence-corrected chi connectivity index (χ3v) is 5.33. The molecule has 0 saturated carbocycles. The number of allylic oxidation sites excluding steroid dienone is 2. The Morgan fingerprint density at radius 2 is 2.03 bits per heavy atom. The zero-order valence-electron chi connectivity index (χ0n) is 16.4. The average Bonchev–Trinajstić information content (AvgIpc) is 3.19. The summed E-state index contributed by atoms with van der Waals surface area (Å²) in [6.45, 7) is 1.79. The van der Waals surface area contributed by atoms with Crippen molar-refractivity contribution in [3.63, 3.8) is 0 Å². The number of rotatable bonds is 3. The number of H-pyrrole nitrogens is 1. The molecular formula is C23H19FN4O2. The fourth-order valence-corrected chi connectivity index (χ4v) is 3.75. The molecule has 7 heteroatoms. The second kappa shape index (κ2) is 6.88. The van der Waals surface area contributed by atoms with Crippen LogP contribution in [0.25, 0.3) is 16.5 Å². The van der Waals surface area contributed by atoms with Crippen molar-refractivity contribution in [1.82, 2.24) is 15.4 Å². The zero-order valence-corrected chi connectivity index (χ0v) is 16.4. The van der Waals surface area contributed by atoms with Gasteiger partial charge in [-0.25, -0.2) is 9.38 Å². The maximum atomic E-state index is 13.9. The maximum absolute atomic E-state index is 13.9. The van der Waals surface area contributed by atoms with E-state index in [0.29, 0.717) is 33.8 Å². The number of benzene rings is 2. The van der Waals surface area contributed by atoms with Crippen molar-refractivity contribution < 1.29 is 9.13 Å². The van der Waals surface area contributed by atoms with E-state index in [1.165, 1.54) is 19.2 Å². The number of para-hydroxylation sites is 1. The minimum absolute atomic E-state index is 0.0210. The van der Waals surface area contributed by atoms with Gasteiger partial charge in [-0.15, -0.1) is 0 Å². The number of hydrazine groups is 1. The smallest absolute Gasteiger partial charge is 0.193 e. The van der Waals surface area contributed by atoms with Crippen molar-refractivity contribution in [3.8, 4) is 5.75 Å². The number of hydrogen-bond acceptors (Lipinski definition) is 5. The summed E-state index contributed by atoms with van der Waals surface area (Å²) in [5.41, 5.74) is 6.76. The van der Waals surface area contributed by atoms with Gasteiger partial charge >= 0.3 is 0 Å². The van der Waals surface area contributed by atoms with E-state index in [1.807, 2.05) is 47.6 Å². The molecule has 5 rings (SSSR count). The van der Waals surface area contributed by atoms with Gasteiger partial charge in [0, 0.05) is 28.7 Å². The van der Waals surface area contributed by atoms with Crippen LogP contribution in [0.3, 0.4) is 0 Å². The van der Waals surface area contributed by atoms with Crippen LogP contribution in [0, 0.1) is 12.7 Å². The van der Waals surface area contributed by atoms with Crippen LogP contribution in [-0.2, 0) is 0 Å². The van der Waals surface area contributed by atoms with Crippen molar-refractivity contribution in [2.75, 3.05) is 7.11 Å². The van der Waals surface area contributed by atoms with Gasteiger partial charge in [0.15, 0.2) is 17.4 Å². The van der Waals surface area contributed by atoms with Crippen molar-refractivity contribution in [2.45, 2.75) is 13.1 Å². The standard InChI is InChI=1S/C23H19FN4O2/c1-13-21(25-19-6-4-3-5-18(19)22(13)29)23-26-20-8-7-14(12-28(20)27-23)15-9-16(24)11-17(10-15)30-2/h3-12,20H,1-2H3,(H,25,29)(H,26,27).